The molecule has 8 aromatic carbocycles. The number of rotatable bonds is 2. The molecule has 0 saturated heterocycles. The first-order chi connectivity index (χ1) is 26.8. The second kappa shape index (κ2) is 10.8. The van der Waals surface area contributed by atoms with Gasteiger partial charge in [0.15, 0.2) is 0 Å². The maximum Gasteiger partial charge on any atom is 0.145 e. The Hall–Kier alpha value is -6.97. The number of hydrogen-bond acceptors (Lipinski definition) is 2. The number of aromatic nitrogens is 2. The maximum atomic E-state index is 6.90. The van der Waals surface area contributed by atoms with E-state index >= 15 is 0 Å². The Labute approximate surface area is 313 Å². The molecular formula is C51H32N2O. The van der Waals surface area contributed by atoms with Crippen molar-refractivity contribution in [2.24, 2.45) is 0 Å². The van der Waals surface area contributed by atoms with Gasteiger partial charge in [-0.3, -0.25) is 4.57 Å². The zero-order chi connectivity index (χ0) is 35.4. The quantitative estimate of drug-likeness (QED) is 0.181. The topological polar surface area (TPSA) is 27.1 Å². The van der Waals surface area contributed by atoms with Gasteiger partial charge in [-0.25, -0.2) is 4.98 Å². The van der Waals surface area contributed by atoms with Crippen LogP contribution in [0.5, 0.6) is 11.5 Å². The molecule has 0 unspecified atom stereocenters. The first-order valence-electron chi connectivity index (χ1n) is 18.6. The monoisotopic (exact) mass is 688 g/mol. The highest BCUT2D eigenvalue weighted by atomic mass is 16.5. The van der Waals surface area contributed by atoms with E-state index < -0.39 is 10.8 Å². The Kier molecular flexibility index (Phi) is 5.91. The van der Waals surface area contributed by atoms with Crippen LogP contribution in [0, 0.1) is 0 Å². The van der Waals surface area contributed by atoms with Crippen molar-refractivity contribution in [1.29, 1.82) is 0 Å². The second-order valence-corrected chi connectivity index (χ2v) is 14.6. The Morgan fingerprint density at radius 1 is 0.389 bits per heavy atom. The van der Waals surface area contributed by atoms with Crippen LogP contribution in [0.25, 0.3) is 39.2 Å². The summed E-state index contributed by atoms with van der Waals surface area (Å²) in [5.74, 6) is 2.63. The van der Waals surface area contributed by atoms with Crippen molar-refractivity contribution in [3.8, 4) is 39.7 Å². The molecule has 3 nitrogen and oxygen atoms in total. The lowest BCUT2D eigenvalue weighted by Gasteiger charge is -2.51. The Balaban J connectivity index is 1.22. The van der Waals surface area contributed by atoms with E-state index in [1.165, 1.54) is 44.5 Å². The molecule has 0 amide bonds. The van der Waals surface area contributed by atoms with Gasteiger partial charge in [0.25, 0.3) is 0 Å². The van der Waals surface area contributed by atoms with Crippen molar-refractivity contribution in [1.82, 2.24) is 9.55 Å². The molecule has 2 spiro atoms. The molecule has 1 aromatic heterocycles. The van der Waals surface area contributed by atoms with Crippen molar-refractivity contribution in [3.05, 3.63) is 239 Å². The first kappa shape index (κ1) is 29.6. The fraction of sp³-hybridized carbons (Fsp3) is 0.0392. The number of para-hydroxylation sites is 4. The summed E-state index contributed by atoms with van der Waals surface area (Å²) in [6, 6.07) is 70.7. The molecule has 2 heterocycles. The molecular weight excluding hydrogens is 657 g/mol. The van der Waals surface area contributed by atoms with Gasteiger partial charge in [-0.05, 0) is 93.0 Å². The van der Waals surface area contributed by atoms with Crippen LogP contribution in [-0.4, -0.2) is 9.55 Å². The minimum absolute atomic E-state index is 0.502. The van der Waals surface area contributed by atoms with E-state index in [1.807, 2.05) is 0 Å². The van der Waals surface area contributed by atoms with Crippen molar-refractivity contribution >= 4 is 11.0 Å². The van der Waals surface area contributed by atoms with E-state index in [2.05, 4.69) is 199 Å². The third-order valence-corrected chi connectivity index (χ3v) is 12.2. The van der Waals surface area contributed by atoms with Crippen molar-refractivity contribution in [2.75, 3.05) is 0 Å². The summed E-state index contributed by atoms with van der Waals surface area (Å²) in [4.78, 5) is 5.30. The Bertz CT molecular complexity index is 2900. The van der Waals surface area contributed by atoms with Crippen LogP contribution in [0.15, 0.2) is 194 Å². The summed E-state index contributed by atoms with van der Waals surface area (Å²) in [5, 5.41) is 0. The molecule has 0 saturated carbocycles. The predicted octanol–water partition coefficient (Wildman–Crippen LogP) is 11.9. The highest BCUT2D eigenvalue weighted by Crippen LogP contribution is 2.67. The first-order valence-corrected chi connectivity index (χ1v) is 18.6. The minimum atomic E-state index is -0.686. The lowest BCUT2D eigenvalue weighted by molar-refractivity contribution is 0.429. The molecule has 12 rings (SSSR count). The number of ether oxygens (including phenoxy) is 1. The average Bonchev–Trinajstić information content (AvgIpc) is 3.77. The van der Waals surface area contributed by atoms with E-state index in [1.54, 1.807) is 0 Å². The molecule has 0 bridgehead atoms. The van der Waals surface area contributed by atoms with Crippen LogP contribution >= 0.6 is 0 Å². The Morgan fingerprint density at radius 3 is 1.52 bits per heavy atom. The molecule has 0 fully saturated rings. The zero-order valence-corrected chi connectivity index (χ0v) is 29.3. The molecule has 3 heteroatoms. The molecule has 9 aromatic rings. The van der Waals surface area contributed by atoms with Gasteiger partial charge in [-0.15, -0.1) is 0 Å². The minimum Gasteiger partial charge on any atom is -0.457 e. The van der Waals surface area contributed by atoms with E-state index in [0.29, 0.717) is 0 Å². The van der Waals surface area contributed by atoms with Gasteiger partial charge in [-0.2, -0.15) is 0 Å². The zero-order valence-electron chi connectivity index (χ0n) is 29.3. The third kappa shape index (κ3) is 3.59. The summed E-state index contributed by atoms with van der Waals surface area (Å²) in [6.07, 6.45) is 0. The molecule has 3 aliphatic rings. The summed E-state index contributed by atoms with van der Waals surface area (Å²) in [7, 11) is 0. The third-order valence-electron chi connectivity index (χ3n) is 12.2. The Morgan fingerprint density at radius 2 is 0.870 bits per heavy atom. The van der Waals surface area contributed by atoms with E-state index in [-0.39, 0.29) is 0 Å². The molecule has 2 aliphatic carbocycles. The van der Waals surface area contributed by atoms with Crippen molar-refractivity contribution in [2.45, 2.75) is 10.8 Å². The van der Waals surface area contributed by atoms with Crippen molar-refractivity contribution in [3.63, 3.8) is 0 Å². The highest BCUT2D eigenvalue weighted by molar-refractivity contribution is 5.91. The van der Waals surface area contributed by atoms with Crippen LogP contribution in [0.1, 0.15) is 44.5 Å². The number of fused-ring (bicyclic) bond motifs is 16. The van der Waals surface area contributed by atoms with Gasteiger partial charge in [-0.1, -0.05) is 146 Å². The average molecular weight is 689 g/mol. The summed E-state index contributed by atoms with van der Waals surface area (Å²) in [5.41, 5.74) is 15.6. The SMILES string of the molecule is c1ccc(-n2c(-c3ccc4c(c3)C3(c5ccccc5O4)c4ccccc4C4(c5ccccc5-c5ccccc54)c4ccccc43)nc3ccccc32)cc1. The fourth-order valence-electron chi connectivity index (χ4n) is 10.2. The highest BCUT2D eigenvalue weighted by Gasteiger charge is 2.58. The van der Waals surface area contributed by atoms with Gasteiger partial charge >= 0.3 is 0 Å². The molecule has 0 radical (unpaired) electrons. The van der Waals surface area contributed by atoms with Crippen molar-refractivity contribution < 1.29 is 4.74 Å². The van der Waals surface area contributed by atoms with Gasteiger partial charge < -0.3 is 4.74 Å². The predicted molar refractivity (Wildman–Crippen MR) is 216 cm³/mol. The number of nitrogens with zero attached hydrogens (tertiary/aromatic N) is 2. The second-order valence-electron chi connectivity index (χ2n) is 14.6. The summed E-state index contributed by atoms with van der Waals surface area (Å²) >= 11 is 0. The lowest BCUT2D eigenvalue weighted by Crippen LogP contribution is -2.45. The maximum absolute atomic E-state index is 6.90. The fourth-order valence-corrected chi connectivity index (χ4v) is 10.2. The summed E-state index contributed by atoms with van der Waals surface area (Å²) in [6.45, 7) is 0. The van der Waals surface area contributed by atoms with Crippen LogP contribution in [0.3, 0.4) is 0 Å². The van der Waals surface area contributed by atoms with E-state index in [9.17, 15) is 0 Å². The normalized spacial score (nSPS) is 14.7. The number of benzene rings is 8. The van der Waals surface area contributed by atoms with E-state index in [0.717, 1.165) is 50.7 Å². The van der Waals surface area contributed by atoms with Crippen LogP contribution in [0.4, 0.5) is 0 Å². The molecule has 252 valence electrons. The van der Waals surface area contributed by atoms with Crippen LogP contribution in [0.2, 0.25) is 0 Å². The van der Waals surface area contributed by atoms with E-state index in [4.69, 9.17) is 9.72 Å². The standard InChI is InChI=1S/C51H32N2O/c1-2-16-34(17-3-1)53-46-28-14-13-27-45(46)52-49(53)33-30-31-48-44(32-33)51(43-26-12-15-29-47(43)54-48)41-24-10-8-22-39(41)50(40-23-9-11-25-42(40)51)37-20-6-4-18-35(37)36-19-5-7-21-38(36)50/h1-32H. The number of imidazole rings is 1. The molecule has 0 atom stereocenters. The van der Waals surface area contributed by atoms with Gasteiger partial charge in [0.2, 0.25) is 0 Å². The smallest absolute Gasteiger partial charge is 0.145 e. The lowest BCUT2D eigenvalue weighted by atomic mass is 9.51. The molecule has 0 N–H and O–H groups in total. The van der Waals surface area contributed by atoms with Crippen LogP contribution in [-0.2, 0) is 10.8 Å². The van der Waals surface area contributed by atoms with Gasteiger partial charge in [0.1, 0.15) is 17.3 Å². The summed E-state index contributed by atoms with van der Waals surface area (Å²) < 4.78 is 9.19. The van der Waals surface area contributed by atoms with Gasteiger partial charge in [0.05, 0.1) is 21.9 Å². The number of hydrogen-bond donors (Lipinski definition) is 0. The largest absolute Gasteiger partial charge is 0.457 e. The molecule has 54 heavy (non-hydrogen) atoms. The van der Waals surface area contributed by atoms with Gasteiger partial charge in [0, 0.05) is 22.4 Å². The molecule has 1 aliphatic heterocycles. The van der Waals surface area contributed by atoms with Crippen LogP contribution < -0.4 is 4.74 Å².